The Morgan fingerprint density at radius 2 is 1.72 bits per heavy atom. The number of fused-ring (bicyclic) bond motifs is 3. The first-order valence-corrected chi connectivity index (χ1v) is 12.8. The summed E-state index contributed by atoms with van der Waals surface area (Å²) in [6, 6.07) is 20.5. The lowest BCUT2D eigenvalue weighted by molar-refractivity contribution is -0.384. The Kier molecular flexibility index (Phi) is 6.15. The van der Waals surface area contributed by atoms with Gasteiger partial charge >= 0.3 is 0 Å². The number of hydrogen-bond acceptors (Lipinski definition) is 4. The molecule has 39 heavy (non-hydrogen) atoms. The maximum absolute atomic E-state index is 14.2. The van der Waals surface area contributed by atoms with Gasteiger partial charge in [0.1, 0.15) is 23.4 Å². The van der Waals surface area contributed by atoms with E-state index in [2.05, 4.69) is 0 Å². The zero-order valence-electron chi connectivity index (χ0n) is 20.5. The first-order valence-electron chi connectivity index (χ1n) is 12.4. The molecule has 0 unspecified atom stereocenters. The molecule has 2 aliphatic rings. The average Bonchev–Trinajstić information content (AvgIpc) is 3.66. The van der Waals surface area contributed by atoms with Crippen LogP contribution in [-0.2, 0) is 4.79 Å². The number of nitro benzene ring substituents is 1. The van der Waals surface area contributed by atoms with Crippen LogP contribution in [0.5, 0.6) is 0 Å². The third kappa shape index (κ3) is 4.44. The number of rotatable bonds is 6. The summed E-state index contributed by atoms with van der Waals surface area (Å²) in [4.78, 5) is 41.6. The predicted molar refractivity (Wildman–Crippen MR) is 144 cm³/mol. The Balaban J connectivity index is 1.39. The summed E-state index contributed by atoms with van der Waals surface area (Å²) < 4.78 is 15.8. The molecule has 1 aliphatic heterocycles. The SMILES string of the molecule is O=C(c1ccc(Cl)c([N+](=O)[O-])c1)N(CC(=O)N1c2ccccc2-n2cccc2[C@@H]1c1ccc(F)cc1)C1CC1. The molecule has 0 bridgehead atoms. The number of carbonyl (C=O) groups is 2. The second kappa shape index (κ2) is 9.67. The number of nitro groups is 1. The molecule has 8 nitrogen and oxygen atoms in total. The molecule has 1 atom stereocenters. The number of benzene rings is 3. The van der Waals surface area contributed by atoms with Gasteiger partial charge in [0.15, 0.2) is 0 Å². The Hall–Kier alpha value is -4.50. The van der Waals surface area contributed by atoms with E-state index in [1.165, 1.54) is 29.2 Å². The second-order valence-corrected chi connectivity index (χ2v) is 10.0. The van der Waals surface area contributed by atoms with Crippen LogP contribution in [0.25, 0.3) is 5.69 Å². The Labute approximate surface area is 228 Å². The summed E-state index contributed by atoms with van der Waals surface area (Å²) >= 11 is 5.95. The minimum absolute atomic E-state index is 0.0688. The van der Waals surface area contributed by atoms with Crippen molar-refractivity contribution in [2.75, 3.05) is 11.4 Å². The van der Waals surface area contributed by atoms with E-state index in [1.807, 2.05) is 47.2 Å². The van der Waals surface area contributed by atoms with E-state index in [0.29, 0.717) is 5.69 Å². The van der Waals surface area contributed by atoms with E-state index >= 15 is 0 Å². The molecule has 2 heterocycles. The standard InChI is InChI=1S/C29H22ClFN4O4/c30-22-14-9-19(16-26(22)35(38)39)29(37)33(21-12-13-21)17-27(36)34-24-5-2-1-4-23(24)32-15-3-6-25(32)28(34)18-7-10-20(31)11-8-18/h1-11,14-16,21,28H,12-13,17H2/t28-/m0/s1. The van der Waals surface area contributed by atoms with E-state index < -0.39 is 16.9 Å². The van der Waals surface area contributed by atoms with Crippen LogP contribution in [0.15, 0.2) is 85.1 Å². The highest BCUT2D eigenvalue weighted by atomic mass is 35.5. The average molecular weight is 545 g/mol. The van der Waals surface area contributed by atoms with E-state index in [-0.39, 0.29) is 40.6 Å². The van der Waals surface area contributed by atoms with Crippen molar-refractivity contribution in [1.82, 2.24) is 9.47 Å². The van der Waals surface area contributed by atoms with Crippen LogP contribution in [0.2, 0.25) is 5.02 Å². The number of hydrogen-bond donors (Lipinski definition) is 0. The molecule has 196 valence electrons. The van der Waals surface area contributed by atoms with Gasteiger partial charge in [0.2, 0.25) is 5.91 Å². The first-order chi connectivity index (χ1) is 18.8. The molecule has 1 fully saturated rings. The zero-order valence-corrected chi connectivity index (χ0v) is 21.3. The molecule has 1 aromatic heterocycles. The monoisotopic (exact) mass is 544 g/mol. The highest BCUT2D eigenvalue weighted by Gasteiger charge is 2.40. The number of amides is 2. The summed E-state index contributed by atoms with van der Waals surface area (Å²) in [6.07, 6.45) is 3.38. The number of para-hydroxylation sites is 2. The molecule has 3 aromatic carbocycles. The zero-order chi connectivity index (χ0) is 27.3. The van der Waals surface area contributed by atoms with Gasteiger partial charge in [-0.25, -0.2) is 4.39 Å². The highest BCUT2D eigenvalue weighted by molar-refractivity contribution is 6.32. The third-order valence-electron chi connectivity index (χ3n) is 7.12. The Morgan fingerprint density at radius 3 is 2.41 bits per heavy atom. The van der Waals surface area contributed by atoms with Crippen molar-refractivity contribution in [2.45, 2.75) is 24.9 Å². The van der Waals surface area contributed by atoms with Gasteiger partial charge < -0.3 is 9.47 Å². The van der Waals surface area contributed by atoms with Crippen LogP contribution in [0.4, 0.5) is 15.8 Å². The summed E-state index contributed by atoms with van der Waals surface area (Å²) in [5.41, 5.74) is 2.73. The number of anilines is 1. The number of aromatic nitrogens is 1. The fraction of sp³-hybridized carbons (Fsp3) is 0.172. The van der Waals surface area contributed by atoms with Crippen LogP contribution >= 0.6 is 11.6 Å². The van der Waals surface area contributed by atoms with Crippen molar-refractivity contribution in [2.24, 2.45) is 0 Å². The van der Waals surface area contributed by atoms with Crippen molar-refractivity contribution in [3.05, 3.63) is 123 Å². The van der Waals surface area contributed by atoms with Gasteiger partial charge in [0.05, 0.1) is 22.0 Å². The second-order valence-electron chi connectivity index (χ2n) is 9.60. The lowest BCUT2D eigenvalue weighted by Gasteiger charge is -2.39. The van der Waals surface area contributed by atoms with Crippen molar-refractivity contribution in [1.29, 1.82) is 0 Å². The van der Waals surface area contributed by atoms with E-state index in [9.17, 15) is 24.1 Å². The number of carbonyl (C=O) groups excluding carboxylic acids is 2. The van der Waals surface area contributed by atoms with Crippen LogP contribution in [-0.4, -0.2) is 38.8 Å². The topological polar surface area (TPSA) is 88.7 Å². The summed E-state index contributed by atoms with van der Waals surface area (Å²) in [6.45, 7) is -0.230. The van der Waals surface area contributed by atoms with Gasteiger partial charge in [0, 0.05) is 23.9 Å². The molecule has 0 saturated heterocycles. The molecular weight excluding hydrogens is 523 g/mol. The maximum Gasteiger partial charge on any atom is 0.288 e. The molecule has 6 rings (SSSR count). The molecule has 1 aliphatic carbocycles. The Bertz CT molecular complexity index is 1620. The number of halogens is 2. The van der Waals surface area contributed by atoms with Crippen LogP contribution in [0.1, 0.15) is 40.5 Å². The van der Waals surface area contributed by atoms with Crippen molar-refractivity contribution < 1.29 is 18.9 Å². The predicted octanol–water partition coefficient (Wildman–Crippen LogP) is 5.92. The largest absolute Gasteiger partial charge is 0.326 e. The fourth-order valence-electron chi connectivity index (χ4n) is 5.15. The fourth-order valence-corrected chi connectivity index (χ4v) is 5.34. The molecule has 2 amide bonds. The van der Waals surface area contributed by atoms with Crippen molar-refractivity contribution in [3.8, 4) is 5.69 Å². The lowest BCUT2D eigenvalue weighted by Crippen LogP contribution is -2.47. The van der Waals surface area contributed by atoms with Gasteiger partial charge in [-0.1, -0.05) is 35.9 Å². The normalized spacial score (nSPS) is 15.8. The summed E-state index contributed by atoms with van der Waals surface area (Å²) in [7, 11) is 0. The van der Waals surface area contributed by atoms with Gasteiger partial charge in [-0.05, 0) is 66.9 Å². The minimum Gasteiger partial charge on any atom is -0.326 e. The Morgan fingerprint density at radius 1 is 1.00 bits per heavy atom. The van der Waals surface area contributed by atoms with Crippen molar-refractivity contribution >= 4 is 34.8 Å². The smallest absolute Gasteiger partial charge is 0.288 e. The van der Waals surface area contributed by atoms with Crippen LogP contribution in [0, 0.1) is 15.9 Å². The maximum atomic E-state index is 14.2. The molecule has 4 aromatic rings. The van der Waals surface area contributed by atoms with Crippen LogP contribution < -0.4 is 4.90 Å². The highest BCUT2D eigenvalue weighted by Crippen LogP contribution is 2.42. The molecule has 1 saturated carbocycles. The third-order valence-corrected chi connectivity index (χ3v) is 7.44. The molecule has 0 radical (unpaired) electrons. The van der Waals surface area contributed by atoms with Gasteiger partial charge in [0.25, 0.3) is 11.6 Å². The van der Waals surface area contributed by atoms with E-state index in [4.69, 9.17) is 11.6 Å². The lowest BCUT2D eigenvalue weighted by atomic mass is 9.97. The first kappa shape index (κ1) is 24.8. The number of nitrogens with zero attached hydrogens (tertiary/aromatic N) is 4. The van der Waals surface area contributed by atoms with E-state index in [1.54, 1.807) is 17.0 Å². The molecule has 0 spiro atoms. The molecular formula is C29H22ClFN4O4. The van der Waals surface area contributed by atoms with Crippen LogP contribution in [0.3, 0.4) is 0 Å². The summed E-state index contributed by atoms with van der Waals surface area (Å²) in [5.74, 6) is -1.18. The van der Waals surface area contributed by atoms with Gasteiger partial charge in [-0.3, -0.25) is 24.6 Å². The minimum atomic E-state index is -0.640. The molecule has 10 heteroatoms. The molecule has 0 N–H and O–H groups in total. The van der Waals surface area contributed by atoms with Gasteiger partial charge in [-0.15, -0.1) is 0 Å². The van der Waals surface area contributed by atoms with Crippen molar-refractivity contribution in [3.63, 3.8) is 0 Å². The van der Waals surface area contributed by atoms with E-state index in [0.717, 1.165) is 35.9 Å². The summed E-state index contributed by atoms with van der Waals surface area (Å²) in [5, 5.41) is 11.3. The van der Waals surface area contributed by atoms with Gasteiger partial charge in [-0.2, -0.15) is 0 Å². The quantitative estimate of drug-likeness (QED) is 0.223.